The number of halogens is 1. The Morgan fingerprint density at radius 3 is 2.56 bits per heavy atom. The summed E-state index contributed by atoms with van der Waals surface area (Å²) < 4.78 is 0. The highest BCUT2D eigenvalue weighted by Gasteiger charge is 2.39. The predicted octanol–water partition coefficient (Wildman–Crippen LogP) is 2.96. The maximum Gasteiger partial charge on any atom is 0.241 e. The van der Waals surface area contributed by atoms with Crippen molar-refractivity contribution in [2.75, 3.05) is 0 Å². The molecule has 0 saturated carbocycles. The van der Waals surface area contributed by atoms with Gasteiger partial charge in [0.1, 0.15) is 6.17 Å². The molecule has 0 spiro atoms. The van der Waals surface area contributed by atoms with Crippen LogP contribution in [0.4, 0.5) is 0 Å². The monoisotopic (exact) mass is 266 g/mol. The highest BCUT2D eigenvalue weighted by atomic mass is 35.5. The molecule has 18 heavy (non-hydrogen) atoms. The molecule has 1 N–H and O–H groups in total. The van der Waals surface area contributed by atoms with Gasteiger partial charge in [0.15, 0.2) is 0 Å². The van der Waals surface area contributed by atoms with Crippen molar-refractivity contribution in [3.05, 3.63) is 34.9 Å². The van der Waals surface area contributed by atoms with Crippen molar-refractivity contribution < 1.29 is 4.79 Å². The van der Waals surface area contributed by atoms with E-state index >= 15 is 0 Å². The van der Waals surface area contributed by atoms with Gasteiger partial charge in [-0.15, -0.1) is 0 Å². The van der Waals surface area contributed by atoms with Gasteiger partial charge >= 0.3 is 0 Å². The van der Waals surface area contributed by atoms with Crippen LogP contribution in [-0.4, -0.2) is 22.9 Å². The molecule has 2 rings (SSSR count). The number of carbonyl (C=O) groups is 1. The van der Waals surface area contributed by atoms with E-state index in [9.17, 15) is 4.79 Å². The lowest BCUT2D eigenvalue weighted by Crippen LogP contribution is -2.37. The topological polar surface area (TPSA) is 32.3 Å². The van der Waals surface area contributed by atoms with Gasteiger partial charge in [-0.2, -0.15) is 0 Å². The highest BCUT2D eigenvalue weighted by molar-refractivity contribution is 6.30. The molecule has 3 unspecified atom stereocenters. The average molecular weight is 267 g/mol. The normalized spacial score (nSPS) is 25.6. The van der Waals surface area contributed by atoms with Gasteiger partial charge in [0.25, 0.3) is 0 Å². The van der Waals surface area contributed by atoms with Crippen LogP contribution < -0.4 is 5.32 Å². The van der Waals surface area contributed by atoms with Crippen molar-refractivity contribution in [2.24, 2.45) is 0 Å². The summed E-state index contributed by atoms with van der Waals surface area (Å²) in [4.78, 5) is 14.1. The van der Waals surface area contributed by atoms with Gasteiger partial charge in [-0.1, -0.05) is 30.7 Å². The van der Waals surface area contributed by atoms with Crippen molar-refractivity contribution in [2.45, 2.75) is 45.4 Å². The van der Waals surface area contributed by atoms with E-state index in [2.05, 4.69) is 19.2 Å². The first-order valence-electron chi connectivity index (χ1n) is 6.38. The van der Waals surface area contributed by atoms with Gasteiger partial charge in [0.2, 0.25) is 5.91 Å². The standard InChI is InChI=1S/C14H19ClN2O/c1-4-9(2)17-13(16-10(3)14(17)18)11-5-7-12(15)8-6-11/h5-10,13,16H,4H2,1-3H3. The van der Waals surface area contributed by atoms with Crippen molar-refractivity contribution in [1.29, 1.82) is 0 Å². The number of hydrogen-bond donors (Lipinski definition) is 1. The summed E-state index contributed by atoms with van der Waals surface area (Å²) in [5.74, 6) is 0.171. The summed E-state index contributed by atoms with van der Waals surface area (Å²) in [5.41, 5.74) is 1.08. The van der Waals surface area contributed by atoms with Crippen molar-refractivity contribution in [3.63, 3.8) is 0 Å². The van der Waals surface area contributed by atoms with E-state index in [1.54, 1.807) is 0 Å². The summed E-state index contributed by atoms with van der Waals surface area (Å²) in [6.07, 6.45) is 0.907. The number of rotatable bonds is 3. The van der Waals surface area contributed by atoms with Crippen LogP contribution in [0.2, 0.25) is 5.02 Å². The third kappa shape index (κ3) is 2.38. The number of nitrogens with zero attached hydrogens (tertiary/aromatic N) is 1. The minimum absolute atomic E-state index is 0.0419. The minimum Gasteiger partial charge on any atom is -0.319 e. The molecular weight excluding hydrogens is 248 g/mol. The molecule has 1 aromatic rings. The molecule has 1 saturated heterocycles. The lowest BCUT2D eigenvalue weighted by Gasteiger charge is -2.30. The van der Waals surface area contributed by atoms with E-state index in [-0.39, 0.29) is 24.2 Å². The van der Waals surface area contributed by atoms with Crippen LogP contribution in [0.25, 0.3) is 0 Å². The second-order valence-electron chi connectivity index (χ2n) is 4.85. The maximum atomic E-state index is 12.2. The van der Waals surface area contributed by atoms with Crippen molar-refractivity contribution >= 4 is 17.5 Å². The van der Waals surface area contributed by atoms with Crippen LogP contribution in [0.15, 0.2) is 24.3 Å². The van der Waals surface area contributed by atoms with E-state index in [0.717, 1.165) is 12.0 Å². The summed E-state index contributed by atoms with van der Waals surface area (Å²) in [7, 11) is 0. The van der Waals surface area contributed by atoms with E-state index < -0.39 is 0 Å². The lowest BCUT2D eigenvalue weighted by atomic mass is 10.1. The molecule has 1 aromatic carbocycles. The largest absolute Gasteiger partial charge is 0.319 e. The third-order valence-corrected chi connectivity index (χ3v) is 3.81. The Kier molecular flexibility index (Phi) is 3.93. The number of hydrogen-bond acceptors (Lipinski definition) is 2. The van der Waals surface area contributed by atoms with Crippen LogP contribution in [-0.2, 0) is 4.79 Å². The number of benzene rings is 1. The Labute approximate surface area is 113 Å². The molecule has 1 amide bonds. The van der Waals surface area contributed by atoms with Gasteiger partial charge in [0, 0.05) is 11.1 Å². The van der Waals surface area contributed by atoms with Gasteiger partial charge in [0.05, 0.1) is 6.04 Å². The fourth-order valence-electron chi connectivity index (χ4n) is 2.31. The summed E-state index contributed by atoms with van der Waals surface area (Å²) in [6, 6.07) is 7.78. The van der Waals surface area contributed by atoms with Crippen LogP contribution in [0.1, 0.15) is 38.9 Å². The Morgan fingerprint density at radius 2 is 2.00 bits per heavy atom. The molecule has 98 valence electrons. The molecule has 1 aliphatic rings. The third-order valence-electron chi connectivity index (χ3n) is 3.56. The quantitative estimate of drug-likeness (QED) is 0.912. The summed E-state index contributed by atoms with van der Waals surface area (Å²) in [5, 5.41) is 4.05. The maximum absolute atomic E-state index is 12.2. The molecule has 1 fully saturated rings. The van der Waals surface area contributed by atoms with Crippen LogP contribution >= 0.6 is 11.6 Å². The number of nitrogens with one attached hydrogen (secondary N) is 1. The molecule has 3 nitrogen and oxygen atoms in total. The SMILES string of the molecule is CCC(C)N1C(=O)C(C)NC1c1ccc(Cl)cc1. The zero-order valence-corrected chi connectivity index (χ0v) is 11.7. The van der Waals surface area contributed by atoms with E-state index in [1.165, 1.54) is 0 Å². The number of amides is 1. The fourth-order valence-corrected chi connectivity index (χ4v) is 2.44. The minimum atomic E-state index is -0.125. The van der Waals surface area contributed by atoms with Crippen molar-refractivity contribution in [3.8, 4) is 0 Å². The Morgan fingerprint density at radius 1 is 1.39 bits per heavy atom. The van der Waals surface area contributed by atoms with E-state index in [4.69, 9.17) is 11.6 Å². The second-order valence-corrected chi connectivity index (χ2v) is 5.28. The number of carbonyl (C=O) groups excluding carboxylic acids is 1. The Hall–Kier alpha value is -1.06. The molecule has 0 aromatic heterocycles. The first kappa shape index (κ1) is 13.4. The molecule has 1 aliphatic heterocycles. The van der Waals surface area contributed by atoms with Gasteiger partial charge in [-0.05, 0) is 38.0 Å². The highest BCUT2D eigenvalue weighted by Crippen LogP contribution is 2.29. The molecule has 4 heteroatoms. The molecular formula is C14H19ClN2O. The van der Waals surface area contributed by atoms with Crippen LogP contribution in [0.3, 0.4) is 0 Å². The van der Waals surface area contributed by atoms with Crippen molar-refractivity contribution in [1.82, 2.24) is 10.2 Å². The van der Waals surface area contributed by atoms with E-state index in [1.807, 2.05) is 36.1 Å². The average Bonchev–Trinajstić information content (AvgIpc) is 2.66. The first-order valence-corrected chi connectivity index (χ1v) is 6.76. The zero-order valence-electron chi connectivity index (χ0n) is 11.0. The lowest BCUT2D eigenvalue weighted by molar-refractivity contribution is -0.131. The zero-order chi connectivity index (χ0) is 13.3. The summed E-state index contributed by atoms with van der Waals surface area (Å²) in [6.45, 7) is 6.09. The van der Waals surface area contributed by atoms with Gasteiger partial charge in [-0.25, -0.2) is 0 Å². The Balaban J connectivity index is 2.30. The van der Waals surface area contributed by atoms with Crippen LogP contribution in [0.5, 0.6) is 0 Å². The molecule has 0 bridgehead atoms. The first-order chi connectivity index (χ1) is 8.54. The Bertz CT molecular complexity index is 432. The predicted molar refractivity (Wildman–Crippen MR) is 73.4 cm³/mol. The molecule has 0 aliphatic carbocycles. The molecule has 3 atom stereocenters. The smallest absolute Gasteiger partial charge is 0.241 e. The molecule has 0 radical (unpaired) electrons. The molecule has 1 heterocycles. The van der Waals surface area contributed by atoms with E-state index in [0.29, 0.717) is 5.02 Å². The second kappa shape index (κ2) is 5.29. The fraction of sp³-hybridized carbons (Fsp3) is 0.500. The summed E-state index contributed by atoms with van der Waals surface area (Å²) >= 11 is 5.90. The van der Waals surface area contributed by atoms with Crippen LogP contribution in [0, 0.1) is 0 Å². The van der Waals surface area contributed by atoms with Gasteiger partial charge < -0.3 is 4.90 Å². The van der Waals surface area contributed by atoms with Gasteiger partial charge in [-0.3, -0.25) is 10.1 Å².